The van der Waals surface area contributed by atoms with Crippen LogP contribution in [0.5, 0.6) is 17.2 Å². The number of rotatable bonds is 7. The van der Waals surface area contributed by atoms with Gasteiger partial charge in [-0.25, -0.2) is 0 Å². The molecule has 2 aromatic rings. The number of amides is 2. The van der Waals surface area contributed by atoms with Gasteiger partial charge in [0.2, 0.25) is 0 Å². The molecule has 1 heterocycles. The lowest BCUT2D eigenvalue weighted by molar-refractivity contribution is 0.0647. The zero-order valence-corrected chi connectivity index (χ0v) is 14.2. The second-order valence-corrected chi connectivity index (χ2v) is 5.53. The standard InChI is InChI=1S/C19H19NO5/c1-23-16-9-8-13(12-17(16)24-2)25-11-5-10-20-18(21)14-6-3-4-7-15(14)19(20)22/h3-4,6-9,12H,5,10-11H2,1-2H3. The van der Waals surface area contributed by atoms with Crippen LogP contribution >= 0.6 is 0 Å². The molecule has 0 radical (unpaired) electrons. The molecule has 2 aromatic carbocycles. The summed E-state index contributed by atoms with van der Waals surface area (Å²) in [6, 6.07) is 12.1. The van der Waals surface area contributed by atoms with Gasteiger partial charge in [0.05, 0.1) is 32.0 Å². The summed E-state index contributed by atoms with van der Waals surface area (Å²) in [6.45, 7) is 0.697. The largest absolute Gasteiger partial charge is 0.493 e. The monoisotopic (exact) mass is 341 g/mol. The number of imide groups is 1. The van der Waals surface area contributed by atoms with Crippen molar-refractivity contribution in [3.8, 4) is 17.2 Å². The van der Waals surface area contributed by atoms with Crippen LogP contribution in [-0.4, -0.2) is 44.1 Å². The van der Waals surface area contributed by atoms with Crippen LogP contribution in [0.25, 0.3) is 0 Å². The third-order valence-corrected chi connectivity index (χ3v) is 4.03. The van der Waals surface area contributed by atoms with Crippen molar-refractivity contribution in [1.82, 2.24) is 4.90 Å². The van der Waals surface area contributed by atoms with Crippen LogP contribution < -0.4 is 14.2 Å². The fraction of sp³-hybridized carbons (Fsp3) is 0.263. The lowest BCUT2D eigenvalue weighted by Crippen LogP contribution is -2.31. The highest BCUT2D eigenvalue weighted by Gasteiger charge is 2.34. The summed E-state index contributed by atoms with van der Waals surface area (Å²) in [6.07, 6.45) is 0.541. The van der Waals surface area contributed by atoms with E-state index < -0.39 is 0 Å². The second kappa shape index (κ2) is 7.25. The molecular formula is C19H19NO5. The molecule has 0 bridgehead atoms. The number of carbonyl (C=O) groups excluding carboxylic acids is 2. The predicted octanol–water partition coefficient (Wildman–Crippen LogP) is 2.77. The Balaban J connectivity index is 1.54. The lowest BCUT2D eigenvalue weighted by Gasteiger charge is -2.14. The topological polar surface area (TPSA) is 65.1 Å². The Morgan fingerprint density at radius 2 is 1.52 bits per heavy atom. The second-order valence-electron chi connectivity index (χ2n) is 5.53. The van der Waals surface area contributed by atoms with E-state index >= 15 is 0 Å². The smallest absolute Gasteiger partial charge is 0.261 e. The first-order valence-electron chi connectivity index (χ1n) is 7.95. The molecule has 0 atom stereocenters. The summed E-state index contributed by atoms with van der Waals surface area (Å²) in [5.41, 5.74) is 0.932. The molecule has 0 aliphatic carbocycles. The Kier molecular flexibility index (Phi) is 4.88. The van der Waals surface area contributed by atoms with Crippen LogP contribution in [0.1, 0.15) is 27.1 Å². The van der Waals surface area contributed by atoms with Crippen molar-refractivity contribution < 1.29 is 23.8 Å². The Morgan fingerprint density at radius 1 is 0.880 bits per heavy atom. The zero-order valence-electron chi connectivity index (χ0n) is 14.2. The van der Waals surface area contributed by atoms with Gasteiger partial charge in [0.1, 0.15) is 5.75 Å². The number of nitrogens with zero attached hydrogens (tertiary/aromatic N) is 1. The van der Waals surface area contributed by atoms with Gasteiger partial charge in [0.25, 0.3) is 11.8 Å². The van der Waals surface area contributed by atoms with Crippen molar-refractivity contribution in [3.05, 3.63) is 53.6 Å². The van der Waals surface area contributed by atoms with E-state index in [0.29, 0.717) is 47.9 Å². The number of benzene rings is 2. The van der Waals surface area contributed by atoms with E-state index in [-0.39, 0.29) is 11.8 Å². The van der Waals surface area contributed by atoms with Crippen LogP contribution in [0.4, 0.5) is 0 Å². The molecule has 0 saturated heterocycles. The molecule has 0 aromatic heterocycles. The van der Waals surface area contributed by atoms with Gasteiger partial charge in [-0.05, 0) is 30.7 Å². The van der Waals surface area contributed by atoms with Crippen molar-refractivity contribution >= 4 is 11.8 Å². The predicted molar refractivity (Wildman–Crippen MR) is 91.5 cm³/mol. The van der Waals surface area contributed by atoms with Gasteiger partial charge in [0, 0.05) is 12.6 Å². The van der Waals surface area contributed by atoms with Crippen LogP contribution in [0.15, 0.2) is 42.5 Å². The Labute approximate surface area is 145 Å². The number of carbonyl (C=O) groups is 2. The fourth-order valence-electron chi connectivity index (χ4n) is 2.76. The van der Waals surface area contributed by atoms with Crippen molar-refractivity contribution in [2.24, 2.45) is 0 Å². The van der Waals surface area contributed by atoms with Gasteiger partial charge < -0.3 is 14.2 Å². The van der Waals surface area contributed by atoms with E-state index in [2.05, 4.69) is 0 Å². The quantitative estimate of drug-likeness (QED) is 0.572. The van der Waals surface area contributed by atoms with Gasteiger partial charge >= 0.3 is 0 Å². The summed E-state index contributed by atoms with van der Waals surface area (Å²) >= 11 is 0. The molecular weight excluding hydrogens is 322 g/mol. The highest BCUT2D eigenvalue weighted by molar-refractivity contribution is 6.21. The van der Waals surface area contributed by atoms with E-state index in [1.54, 1.807) is 56.7 Å². The van der Waals surface area contributed by atoms with E-state index in [1.807, 2.05) is 0 Å². The highest BCUT2D eigenvalue weighted by Crippen LogP contribution is 2.31. The summed E-state index contributed by atoms with van der Waals surface area (Å²) in [4.78, 5) is 25.8. The minimum absolute atomic E-state index is 0.244. The molecule has 25 heavy (non-hydrogen) atoms. The lowest BCUT2D eigenvalue weighted by atomic mass is 10.1. The molecule has 0 fully saturated rings. The minimum Gasteiger partial charge on any atom is -0.493 e. The molecule has 130 valence electrons. The van der Waals surface area contributed by atoms with Gasteiger partial charge in [-0.2, -0.15) is 0 Å². The van der Waals surface area contributed by atoms with Gasteiger partial charge in [-0.1, -0.05) is 12.1 Å². The average molecular weight is 341 g/mol. The molecule has 0 saturated carbocycles. The fourth-order valence-corrected chi connectivity index (χ4v) is 2.76. The summed E-state index contributed by atoms with van der Waals surface area (Å²) in [5, 5.41) is 0. The number of ether oxygens (including phenoxy) is 3. The van der Waals surface area contributed by atoms with Gasteiger partial charge in [0.15, 0.2) is 11.5 Å². The molecule has 1 aliphatic rings. The molecule has 0 N–H and O–H groups in total. The van der Waals surface area contributed by atoms with Crippen molar-refractivity contribution in [3.63, 3.8) is 0 Å². The number of hydrogen-bond donors (Lipinski definition) is 0. The Bertz CT molecular complexity index is 767. The van der Waals surface area contributed by atoms with Crippen LogP contribution in [0.2, 0.25) is 0 Å². The van der Waals surface area contributed by atoms with Gasteiger partial charge in [-0.3, -0.25) is 14.5 Å². The maximum Gasteiger partial charge on any atom is 0.261 e. The number of hydrogen-bond acceptors (Lipinski definition) is 5. The van der Waals surface area contributed by atoms with E-state index in [9.17, 15) is 9.59 Å². The number of methoxy groups -OCH3 is 2. The molecule has 6 heteroatoms. The van der Waals surface area contributed by atoms with E-state index in [1.165, 1.54) is 4.90 Å². The summed E-state index contributed by atoms with van der Waals surface area (Å²) < 4.78 is 16.1. The molecule has 6 nitrogen and oxygen atoms in total. The average Bonchev–Trinajstić information content (AvgIpc) is 2.90. The molecule has 1 aliphatic heterocycles. The third kappa shape index (κ3) is 3.28. The molecule has 0 spiro atoms. The van der Waals surface area contributed by atoms with Crippen LogP contribution in [-0.2, 0) is 0 Å². The zero-order chi connectivity index (χ0) is 17.8. The minimum atomic E-state index is -0.244. The highest BCUT2D eigenvalue weighted by atomic mass is 16.5. The summed E-state index contributed by atoms with van der Waals surface area (Å²) in [5.74, 6) is 1.36. The van der Waals surface area contributed by atoms with Crippen molar-refractivity contribution in [2.75, 3.05) is 27.4 Å². The van der Waals surface area contributed by atoms with E-state index in [4.69, 9.17) is 14.2 Å². The van der Waals surface area contributed by atoms with Gasteiger partial charge in [-0.15, -0.1) is 0 Å². The van der Waals surface area contributed by atoms with Crippen molar-refractivity contribution in [1.29, 1.82) is 0 Å². The normalized spacial score (nSPS) is 13.0. The van der Waals surface area contributed by atoms with E-state index in [0.717, 1.165) is 0 Å². The first kappa shape index (κ1) is 16.8. The van der Waals surface area contributed by atoms with Crippen molar-refractivity contribution in [2.45, 2.75) is 6.42 Å². The Morgan fingerprint density at radius 3 is 2.12 bits per heavy atom. The maximum absolute atomic E-state index is 12.3. The van der Waals surface area contributed by atoms with Crippen LogP contribution in [0, 0.1) is 0 Å². The third-order valence-electron chi connectivity index (χ3n) is 4.03. The molecule has 3 rings (SSSR count). The maximum atomic E-state index is 12.3. The Hall–Kier alpha value is -3.02. The molecule has 2 amide bonds. The first-order chi connectivity index (χ1) is 12.2. The van der Waals surface area contributed by atoms with Crippen LogP contribution in [0.3, 0.4) is 0 Å². The first-order valence-corrected chi connectivity index (χ1v) is 7.95. The number of fused-ring (bicyclic) bond motifs is 1. The molecule has 0 unspecified atom stereocenters. The summed E-state index contributed by atoms with van der Waals surface area (Å²) in [7, 11) is 3.13. The SMILES string of the molecule is COc1ccc(OCCCN2C(=O)c3ccccc3C2=O)cc1OC.